The van der Waals surface area contributed by atoms with E-state index in [9.17, 15) is 9.50 Å². The summed E-state index contributed by atoms with van der Waals surface area (Å²) in [6, 6.07) is 4.79. The zero-order valence-electron chi connectivity index (χ0n) is 10.0. The average molecular weight is 301 g/mol. The summed E-state index contributed by atoms with van der Waals surface area (Å²) in [5, 5.41) is 10.5. The first-order valence-corrected chi connectivity index (χ1v) is 7.01. The van der Waals surface area contributed by atoms with E-state index in [0.717, 1.165) is 36.6 Å². The van der Waals surface area contributed by atoms with E-state index in [1.54, 1.807) is 12.1 Å². The first-order chi connectivity index (χ1) is 8.09. The number of rotatable bonds is 3. The second-order valence-electron chi connectivity index (χ2n) is 4.99. The Morgan fingerprint density at radius 1 is 1.41 bits per heavy atom. The van der Waals surface area contributed by atoms with Crippen LogP contribution < -0.4 is 0 Å². The molecule has 1 N–H and O–H groups in total. The largest absolute Gasteiger partial charge is 0.388 e. The van der Waals surface area contributed by atoms with Crippen molar-refractivity contribution < 1.29 is 9.50 Å². The zero-order chi connectivity index (χ0) is 12.5. The van der Waals surface area contributed by atoms with Gasteiger partial charge >= 0.3 is 0 Å². The Morgan fingerprint density at radius 3 is 2.65 bits per heavy atom. The van der Waals surface area contributed by atoms with Crippen LogP contribution in [0.1, 0.15) is 50.7 Å². The minimum atomic E-state index is -0.688. The molecular weight excluding hydrogens is 283 g/mol. The van der Waals surface area contributed by atoms with Gasteiger partial charge in [0.1, 0.15) is 5.82 Å². The summed E-state index contributed by atoms with van der Waals surface area (Å²) in [7, 11) is 0. The van der Waals surface area contributed by atoms with Gasteiger partial charge in [0, 0.05) is 15.5 Å². The van der Waals surface area contributed by atoms with E-state index in [2.05, 4.69) is 22.9 Å². The van der Waals surface area contributed by atoms with Gasteiger partial charge in [-0.05, 0) is 37.5 Å². The molecule has 2 rings (SSSR count). The van der Waals surface area contributed by atoms with E-state index in [-0.39, 0.29) is 11.2 Å². The molecule has 17 heavy (non-hydrogen) atoms. The molecule has 3 heteroatoms. The average Bonchev–Trinajstić information content (AvgIpc) is 2.81. The highest BCUT2D eigenvalue weighted by atomic mass is 79.9. The molecule has 1 aliphatic rings. The Balaban J connectivity index is 2.35. The molecule has 94 valence electrons. The lowest BCUT2D eigenvalue weighted by Gasteiger charge is -2.33. The first kappa shape index (κ1) is 13.0. The van der Waals surface area contributed by atoms with Crippen LogP contribution in [-0.4, -0.2) is 5.11 Å². The van der Waals surface area contributed by atoms with Crippen LogP contribution in [0.5, 0.6) is 0 Å². The van der Waals surface area contributed by atoms with Gasteiger partial charge in [0.15, 0.2) is 0 Å². The van der Waals surface area contributed by atoms with Crippen molar-refractivity contribution in [3.63, 3.8) is 0 Å². The van der Waals surface area contributed by atoms with E-state index in [4.69, 9.17) is 0 Å². The second kappa shape index (κ2) is 5.07. The molecule has 1 fully saturated rings. The van der Waals surface area contributed by atoms with Crippen LogP contribution >= 0.6 is 15.9 Å². The molecule has 0 saturated heterocycles. The Bertz CT molecular complexity index is 399. The fourth-order valence-electron chi connectivity index (χ4n) is 2.95. The summed E-state index contributed by atoms with van der Waals surface area (Å²) in [4.78, 5) is 0. The van der Waals surface area contributed by atoms with Crippen molar-refractivity contribution in [3.8, 4) is 0 Å². The highest BCUT2D eigenvalue weighted by molar-refractivity contribution is 9.10. The molecule has 1 unspecified atom stereocenters. The topological polar surface area (TPSA) is 20.2 Å². The van der Waals surface area contributed by atoms with Crippen molar-refractivity contribution in [2.24, 2.45) is 5.41 Å². The number of aliphatic hydroxyl groups is 1. The molecule has 0 aromatic heterocycles. The van der Waals surface area contributed by atoms with Gasteiger partial charge < -0.3 is 5.11 Å². The molecule has 1 aromatic rings. The van der Waals surface area contributed by atoms with Gasteiger partial charge in [-0.25, -0.2) is 4.39 Å². The summed E-state index contributed by atoms with van der Waals surface area (Å²) < 4.78 is 14.6. The molecular formula is C14H18BrFO. The molecule has 1 atom stereocenters. The van der Waals surface area contributed by atoms with Gasteiger partial charge in [-0.1, -0.05) is 35.7 Å². The minimum Gasteiger partial charge on any atom is -0.388 e. The molecule has 1 nitrogen and oxygen atoms in total. The number of halogens is 2. The zero-order valence-corrected chi connectivity index (χ0v) is 11.6. The fraction of sp³-hybridized carbons (Fsp3) is 0.571. The normalized spacial score (nSPS) is 20.5. The van der Waals surface area contributed by atoms with Crippen LogP contribution in [0.2, 0.25) is 0 Å². The van der Waals surface area contributed by atoms with E-state index in [0.29, 0.717) is 5.56 Å². The Labute approximate surface area is 110 Å². The van der Waals surface area contributed by atoms with Gasteiger partial charge in [-0.15, -0.1) is 0 Å². The van der Waals surface area contributed by atoms with Crippen molar-refractivity contribution in [2.45, 2.75) is 45.1 Å². The number of aliphatic hydroxyl groups excluding tert-OH is 1. The molecule has 0 spiro atoms. The monoisotopic (exact) mass is 300 g/mol. The van der Waals surface area contributed by atoms with Gasteiger partial charge in [0.05, 0.1) is 6.10 Å². The van der Waals surface area contributed by atoms with Gasteiger partial charge in [-0.2, -0.15) is 0 Å². The summed E-state index contributed by atoms with van der Waals surface area (Å²) in [5.41, 5.74) is 0.310. The summed E-state index contributed by atoms with van der Waals surface area (Å²) >= 11 is 3.33. The van der Waals surface area contributed by atoms with Crippen LogP contribution in [0.25, 0.3) is 0 Å². The molecule has 0 amide bonds. The van der Waals surface area contributed by atoms with Gasteiger partial charge in [0.2, 0.25) is 0 Å². The number of hydrogen-bond donors (Lipinski definition) is 1. The third-order valence-corrected chi connectivity index (χ3v) is 4.63. The lowest BCUT2D eigenvalue weighted by atomic mass is 9.75. The maximum absolute atomic E-state index is 13.8. The predicted octanol–water partition coefficient (Wildman–Crippen LogP) is 4.59. The smallest absolute Gasteiger partial charge is 0.129 e. The quantitative estimate of drug-likeness (QED) is 0.865. The van der Waals surface area contributed by atoms with E-state index in [1.807, 2.05) is 0 Å². The molecule has 1 aliphatic carbocycles. The molecule has 0 heterocycles. The lowest BCUT2D eigenvalue weighted by molar-refractivity contribution is 0.0211. The number of hydrogen-bond acceptors (Lipinski definition) is 1. The van der Waals surface area contributed by atoms with Crippen molar-refractivity contribution >= 4 is 15.9 Å². The standard InChI is InChI=1S/C14H18BrFO/c1-2-14(7-3-4-8-14)13(17)11-9-10(15)5-6-12(11)16/h5-6,9,13,17H,2-4,7-8H2,1H3. The van der Waals surface area contributed by atoms with Crippen LogP contribution in [-0.2, 0) is 0 Å². The summed E-state index contributed by atoms with van der Waals surface area (Å²) in [6.45, 7) is 2.09. The lowest BCUT2D eigenvalue weighted by Crippen LogP contribution is -2.25. The van der Waals surface area contributed by atoms with Gasteiger partial charge in [-0.3, -0.25) is 0 Å². The van der Waals surface area contributed by atoms with Crippen LogP contribution in [0.3, 0.4) is 0 Å². The predicted molar refractivity (Wildman–Crippen MR) is 70.3 cm³/mol. The van der Waals surface area contributed by atoms with E-state index < -0.39 is 6.10 Å². The molecule has 0 bridgehead atoms. The van der Waals surface area contributed by atoms with Gasteiger partial charge in [0.25, 0.3) is 0 Å². The van der Waals surface area contributed by atoms with Crippen molar-refractivity contribution in [1.82, 2.24) is 0 Å². The van der Waals surface area contributed by atoms with E-state index in [1.165, 1.54) is 6.07 Å². The molecule has 0 radical (unpaired) electrons. The highest BCUT2D eigenvalue weighted by Crippen LogP contribution is 2.50. The Kier molecular flexibility index (Phi) is 3.88. The maximum Gasteiger partial charge on any atom is 0.129 e. The third-order valence-electron chi connectivity index (χ3n) is 4.14. The second-order valence-corrected chi connectivity index (χ2v) is 5.91. The van der Waals surface area contributed by atoms with Crippen LogP contribution in [0.4, 0.5) is 4.39 Å². The fourth-order valence-corrected chi connectivity index (χ4v) is 3.33. The van der Waals surface area contributed by atoms with Crippen molar-refractivity contribution in [2.75, 3.05) is 0 Å². The molecule has 1 saturated carbocycles. The van der Waals surface area contributed by atoms with Crippen molar-refractivity contribution in [3.05, 3.63) is 34.1 Å². The Hall–Kier alpha value is -0.410. The number of benzene rings is 1. The van der Waals surface area contributed by atoms with Crippen LogP contribution in [0, 0.1) is 11.2 Å². The molecule has 0 aliphatic heterocycles. The summed E-state index contributed by atoms with van der Waals surface area (Å²) in [6.07, 6.45) is 4.49. The summed E-state index contributed by atoms with van der Waals surface area (Å²) in [5.74, 6) is -0.305. The van der Waals surface area contributed by atoms with Crippen molar-refractivity contribution in [1.29, 1.82) is 0 Å². The highest BCUT2D eigenvalue weighted by Gasteiger charge is 2.40. The SMILES string of the molecule is CCC1(C(O)c2cc(Br)ccc2F)CCCC1. The minimum absolute atomic E-state index is 0.123. The third kappa shape index (κ3) is 2.41. The Morgan fingerprint density at radius 2 is 2.06 bits per heavy atom. The maximum atomic E-state index is 13.8. The van der Waals surface area contributed by atoms with E-state index >= 15 is 0 Å². The first-order valence-electron chi connectivity index (χ1n) is 6.22. The van der Waals surface area contributed by atoms with Crippen LogP contribution in [0.15, 0.2) is 22.7 Å². The molecule has 1 aromatic carbocycles.